The normalized spacial score (nSPS) is 23.9. The van der Waals surface area contributed by atoms with Crippen LogP contribution in [0.5, 0.6) is 11.5 Å². The van der Waals surface area contributed by atoms with Crippen LogP contribution >= 0.6 is 22.6 Å². The van der Waals surface area contributed by atoms with E-state index in [9.17, 15) is 0 Å². The Morgan fingerprint density at radius 1 is 1.28 bits per heavy atom. The van der Waals surface area contributed by atoms with Gasteiger partial charge in [-0.2, -0.15) is 0 Å². The molecule has 0 spiro atoms. The highest BCUT2D eigenvalue weighted by Crippen LogP contribution is 2.33. The Labute approximate surface area is 122 Å². The summed E-state index contributed by atoms with van der Waals surface area (Å²) < 4.78 is 11.1. The van der Waals surface area contributed by atoms with E-state index < -0.39 is 0 Å². The number of rotatable bonds is 3. The second kappa shape index (κ2) is 5.97. The number of benzene rings is 1. The van der Waals surface area contributed by atoms with Crippen LogP contribution in [0.2, 0.25) is 0 Å². The third-order valence-corrected chi connectivity index (χ3v) is 4.98. The molecule has 1 aromatic rings. The summed E-state index contributed by atoms with van der Waals surface area (Å²) in [4.78, 5) is 2.39. The molecule has 0 amide bonds. The van der Waals surface area contributed by atoms with Crippen LogP contribution in [-0.2, 0) is 0 Å². The SMILES string of the molecule is COc1ccc(N2CCNC(C)C2I)cc1OC. The fourth-order valence-corrected chi connectivity index (χ4v) is 3.03. The zero-order valence-electron chi connectivity index (χ0n) is 10.9. The lowest BCUT2D eigenvalue weighted by atomic mass is 10.2. The van der Waals surface area contributed by atoms with Gasteiger partial charge in [-0.25, -0.2) is 0 Å². The number of hydrogen-bond donors (Lipinski definition) is 1. The maximum atomic E-state index is 5.36. The molecule has 0 radical (unpaired) electrons. The second-order valence-electron chi connectivity index (χ2n) is 4.35. The Morgan fingerprint density at radius 3 is 2.67 bits per heavy atom. The Balaban J connectivity index is 2.27. The quantitative estimate of drug-likeness (QED) is 0.508. The van der Waals surface area contributed by atoms with Gasteiger partial charge in [-0.1, -0.05) is 22.6 Å². The summed E-state index contributed by atoms with van der Waals surface area (Å²) in [5.41, 5.74) is 1.18. The van der Waals surface area contributed by atoms with Crippen LogP contribution in [0.4, 0.5) is 5.69 Å². The van der Waals surface area contributed by atoms with Crippen molar-refractivity contribution in [2.24, 2.45) is 0 Å². The smallest absolute Gasteiger partial charge is 0.162 e. The molecule has 1 N–H and O–H groups in total. The Morgan fingerprint density at radius 2 is 2.00 bits per heavy atom. The lowest BCUT2D eigenvalue weighted by Crippen LogP contribution is -2.54. The van der Waals surface area contributed by atoms with E-state index in [4.69, 9.17) is 9.47 Å². The molecule has 1 aliphatic rings. The number of anilines is 1. The summed E-state index contributed by atoms with van der Waals surface area (Å²) in [6.45, 7) is 4.23. The summed E-state index contributed by atoms with van der Waals surface area (Å²) in [6.07, 6.45) is 0. The van der Waals surface area contributed by atoms with Gasteiger partial charge in [-0.05, 0) is 19.1 Å². The molecule has 5 heteroatoms. The van der Waals surface area contributed by atoms with Gasteiger partial charge >= 0.3 is 0 Å². The van der Waals surface area contributed by atoms with Gasteiger partial charge in [0.1, 0.15) is 0 Å². The Kier molecular flexibility index (Phi) is 4.55. The van der Waals surface area contributed by atoms with Crippen molar-refractivity contribution in [3.05, 3.63) is 18.2 Å². The van der Waals surface area contributed by atoms with Gasteiger partial charge in [0, 0.05) is 30.9 Å². The van der Waals surface area contributed by atoms with Crippen molar-refractivity contribution in [1.82, 2.24) is 5.32 Å². The maximum absolute atomic E-state index is 5.36. The van der Waals surface area contributed by atoms with Crippen molar-refractivity contribution >= 4 is 28.3 Å². The summed E-state index contributed by atoms with van der Waals surface area (Å²) in [7, 11) is 3.33. The Bertz CT molecular complexity index is 414. The number of piperazine rings is 1. The first kappa shape index (κ1) is 13.7. The highest BCUT2D eigenvalue weighted by Gasteiger charge is 2.26. The van der Waals surface area contributed by atoms with E-state index in [1.807, 2.05) is 12.1 Å². The average Bonchev–Trinajstić information content (AvgIpc) is 2.41. The highest BCUT2D eigenvalue weighted by molar-refractivity contribution is 14.1. The first-order valence-corrected chi connectivity index (χ1v) is 7.28. The molecular formula is C13H19IN2O2. The highest BCUT2D eigenvalue weighted by atomic mass is 127. The van der Waals surface area contributed by atoms with E-state index >= 15 is 0 Å². The zero-order chi connectivity index (χ0) is 13.1. The van der Waals surface area contributed by atoms with Crippen molar-refractivity contribution in [3.63, 3.8) is 0 Å². The van der Waals surface area contributed by atoms with E-state index in [1.54, 1.807) is 14.2 Å². The second-order valence-corrected chi connectivity index (χ2v) is 5.62. The van der Waals surface area contributed by atoms with E-state index in [-0.39, 0.29) is 0 Å². The monoisotopic (exact) mass is 362 g/mol. The van der Waals surface area contributed by atoms with Gasteiger partial charge in [0.2, 0.25) is 0 Å². The Hall–Kier alpha value is -0.690. The molecule has 18 heavy (non-hydrogen) atoms. The molecule has 100 valence electrons. The fraction of sp³-hybridized carbons (Fsp3) is 0.538. The van der Waals surface area contributed by atoms with Gasteiger partial charge < -0.3 is 19.7 Å². The van der Waals surface area contributed by atoms with Crippen LogP contribution in [0.25, 0.3) is 0 Å². The van der Waals surface area contributed by atoms with E-state index in [2.05, 4.69) is 45.8 Å². The van der Waals surface area contributed by atoms with E-state index in [0.29, 0.717) is 10.1 Å². The van der Waals surface area contributed by atoms with Crippen molar-refractivity contribution < 1.29 is 9.47 Å². The van der Waals surface area contributed by atoms with Crippen LogP contribution in [0.3, 0.4) is 0 Å². The average molecular weight is 362 g/mol. The van der Waals surface area contributed by atoms with Gasteiger partial charge in [0.15, 0.2) is 11.5 Å². The molecule has 1 aliphatic heterocycles. The van der Waals surface area contributed by atoms with Crippen LogP contribution < -0.4 is 19.7 Å². The molecule has 1 fully saturated rings. The predicted octanol–water partition coefficient (Wildman–Crippen LogP) is 2.26. The molecule has 1 aromatic carbocycles. The summed E-state index contributed by atoms with van der Waals surface area (Å²) in [6, 6.07) is 6.57. The van der Waals surface area contributed by atoms with Crippen molar-refractivity contribution in [3.8, 4) is 11.5 Å². The number of methoxy groups -OCH3 is 2. The number of nitrogens with one attached hydrogen (secondary N) is 1. The van der Waals surface area contributed by atoms with Crippen LogP contribution in [0.1, 0.15) is 6.92 Å². The molecule has 0 bridgehead atoms. The molecule has 2 rings (SSSR count). The molecule has 1 saturated heterocycles. The minimum absolute atomic E-state index is 0.439. The summed E-state index contributed by atoms with van der Waals surface area (Å²) >= 11 is 2.48. The van der Waals surface area contributed by atoms with Gasteiger partial charge in [0.25, 0.3) is 0 Å². The molecule has 2 unspecified atom stereocenters. The lowest BCUT2D eigenvalue weighted by Gasteiger charge is -2.39. The summed E-state index contributed by atoms with van der Waals surface area (Å²) in [5, 5.41) is 3.48. The number of ether oxygens (including phenoxy) is 2. The fourth-order valence-electron chi connectivity index (χ4n) is 2.18. The minimum Gasteiger partial charge on any atom is -0.493 e. The molecule has 4 nitrogen and oxygen atoms in total. The number of nitrogens with zero attached hydrogens (tertiary/aromatic N) is 1. The molecule has 2 atom stereocenters. The molecular weight excluding hydrogens is 343 g/mol. The first-order chi connectivity index (χ1) is 8.67. The van der Waals surface area contributed by atoms with Crippen molar-refractivity contribution in [1.29, 1.82) is 0 Å². The molecule has 0 aliphatic carbocycles. The van der Waals surface area contributed by atoms with E-state index in [0.717, 1.165) is 24.6 Å². The van der Waals surface area contributed by atoms with Gasteiger partial charge in [-0.15, -0.1) is 0 Å². The predicted molar refractivity (Wildman–Crippen MR) is 82.2 cm³/mol. The van der Waals surface area contributed by atoms with Crippen LogP contribution in [-0.4, -0.2) is 37.4 Å². The summed E-state index contributed by atoms with van der Waals surface area (Å²) in [5.74, 6) is 1.55. The van der Waals surface area contributed by atoms with E-state index in [1.165, 1.54) is 5.69 Å². The molecule has 1 heterocycles. The van der Waals surface area contributed by atoms with Gasteiger partial charge in [0.05, 0.1) is 18.3 Å². The van der Waals surface area contributed by atoms with Crippen molar-refractivity contribution in [2.45, 2.75) is 17.0 Å². The topological polar surface area (TPSA) is 33.7 Å². The van der Waals surface area contributed by atoms with Crippen molar-refractivity contribution in [2.75, 3.05) is 32.2 Å². The number of halogens is 1. The third-order valence-electron chi connectivity index (χ3n) is 3.23. The largest absolute Gasteiger partial charge is 0.493 e. The third kappa shape index (κ3) is 2.66. The standard InChI is InChI=1S/C13H19IN2O2/c1-9-13(14)16(7-6-15-9)10-4-5-11(17-2)12(8-10)18-3/h4-5,8-9,13,15H,6-7H2,1-3H3. The number of hydrogen-bond acceptors (Lipinski definition) is 4. The minimum atomic E-state index is 0.439. The zero-order valence-corrected chi connectivity index (χ0v) is 13.1. The first-order valence-electron chi connectivity index (χ1n) is 6.03. The van der Waals surface area contributed by atoms with Gasteiger partial charge in [-0.3, -0.25) is 0 Å². The molecule has 0 saturated carbocycles. The lowest BCUT2D eigenvalue weighted by molar-refractivity contribution is 0.354. The molecule has 0 aromatic heterocycles. The maximum Gasteiger partial charge on any atom is 0.162 e. The number of alkyl halides is 1. The van der Waals surface area contributed by atoms with Crippen LogP contribution in [0, 0.1) is 0 Å². The van der Waals surface area contributed by atoms with Crippen LogP contribution in [0.15, 0.2) is 18.2 Å².